The van der Waals surface area contributed by atoms with Crippen molar-refractivity contribution in [2.24, 2.45) is 0 Å². The van der Waals surface area contributed by atoms with Crippen molar-refractivity contribution >= 4 is 5.91 Å². The normalized spacial score (nSPS) is 15.1. The molecule has 0 spiro atoms. The summed E-state index contributed by atoms with van der Waals surface area (Å²) in [6.07, 6.45) is 0. The quantitative estimate of drug-likeness (QED) is 0.778. The Bertz CT molecular complexity index is 829. The van der Waals surface area contributed by atoms with E-state index in [-0.39, 0.29) is 30.3 Å². The Kier molecular flexibility index (Phi) is 5.91. The number of rotatable bonds is 6. The van der Waals surface area contributed by atoms with Gasteiger partial charge in [0.15, 0.2) is 11.6 Å². The summed E-state index contributed by atoms with van der Waals surface area (Å²) in [5.74, 6) is -0.887. The summed E-state index contributed by atoms with van der Waals surface area (Å²) in [4.78, 5) is 16.1. The second kappa shape index (κ2) is 8.35. The van der Waals surface area contributed by atoms with Gasteiger partial charge in [-0.25, -0.2) is 8.78 Å². The molecule has 1 aliphatic rings. The molecule has 0 aromatic heterocycles. The average molecular weight is 376 g/mol. The zero-order chi connectivity index (χ0) is 19.4. The summed E-state index contributed by atoms with van der Waals surface area (Å²) in [5, 5.41) is 0. The van der Waals surface area contributed by atoms with E-state index in [1.165, 1.54) is 13.2 Å². The van der Waals surface area contributed by atoms with Crippen LogP contribution in [0.2, 0.25) is 0 Å². The third-order valence-corrected chi connectivity index (χ3v) is 4.66. The number of carbonyl (C=O) groups is 1. The van der Waals surface area contributed by atoms with Crippen LogP contribution in [0.3, 0.4) is 0 Å². The summed E-state index contributed by atoms with van der Waals surface area (Å²) in [7, 11) is 3.01. The maximum Gasteiger partial charge on any atom is 0.237 e. The van der Waals surface area contributed by atoms with Crippen molar-refractivity contribution in [1.82, 2.24) is 9.80 Å². The number of halogens is 2. The number of hydrogen-bond donors (Lipinski definition) is 0. The van der Waals surface area contributed by atoms with Crippen LogP contribution < -0.4 is 9.47 Å². The van der Waals surface area contributed by atoms with Crippen LogP contribution in [0.25, 0.3) is 0 Å². The number of nitrogens with zero attached hydrogens (tertiary/aromatic N) is 2. The van der Waals surface area contributed by atoms with Crippen LogP contribution in [0, 0.1) is 11.6 Å². The highest BCUT2D eigenvalue weighted by Gasteiger charge is 2.26. The van der Waals surface area contributed by atoms with Gasteiger partial charge in [-0.3, -0.25) is 9.69 Å². The van der Waals surface area contributed by atoms with Gasteiger partial charge in [-0.05, 0) is 29.8 Å². The van der Waals surface area contributed by atoms with Crippen LogP contribution in [-0.4, -0.2) is 49.6 Å². The van der Waals surface area contributed by atoms with Gasteiger partial charge in [0.05, 0.1) is 20.8 Å². The van der Waals surface area contributed by atoms with Crippen LogP contribution in [0.5, 0.6) is 11.5 Å². The Morgan fingerprint density at radius 3 is 2.56 bits per heavy atom. The highest BCUT2D eigenvalue weighted by molar-refractivity contribution is 5.79. The third-order valence-electron chi connectivity index (χ3n) is 4.66. The van der Waals surface area contributed by atoms with Crippen molar-refractivity contribution in [2.45, 2.75) is 13.1 Å². The fraction of sp³-hybridized carbons (Fsp3) is 0.350. The first-order valence-electron chi connectivity index (χ1n) is 8.65. The number of benzene rings is 2. The standard InChI is InChI=1S/C20H22F2N2O3/c1-26-15-5-3-4-14(10-15)11-24-9-8-23(13-19(24)25)12-16-18(27-2)7-6-17(21)20(16)22/h3-7,10H,8-9,11-13H2,1-2H3. The van der Waals surface area contributed by atoms with E-state index in [0.717, 1.165) is 17.4 Å². The van der Waals surface area contributed by atoms with Crippen molar-refractivity contribution in [3.8, 4) is 11.5 Å². The Morgan fingerprint density at radius 1 is 1.04 bits per heavy atom. The van der Waals surface area contributed by atoms with E-state index in [9.17, 15) is 13.6 Å². The lowest BCUT2D eigenvalue weighted by molar-refractivity contribution is -0.136. The molecule has 0 bridgehead atoms. The van der Waals surface area contributed by atoms with Crippen molar-refractivity contribution in [2.75, 3.05) is 33.9 Å². The number of carbonyl (C=O) groups excluding carboxylic acids is 1. The fourth-order valence-corrected chi connectivity index (χ4v) is 3.19. The van der Waals surface area contributed by atoms with Gasteiger partial charge in [0.25, 0.3) is 0 Å². The molecule has 1 fully saturated rings. The summed E-state index contributed by atoms with van der Waals surface area (Å²) < 4.78 is 38.0. The monoisotopic (exact) mass is 376 g/mol. The first-order chi connectivity index (χ1) is 13.0. The van der Waals surface area contributed by atoms with E-state index in [1.807, 2.05) is 24.3 Å². The molecule has 0 atom stereocenters. The second-order valence-electron chi connectivity index (χ2n) is 6.42. The van der Waals surface area contributed by atoms with E-state index in [4.69, 9.17) is 9.47 Å². The van der Waals surface area contributed by atoms with Crippen LogP contribution in [0.15, 0.2) is 36.4 Å². The van der Waals surface area contributed by atoms with E-state index < -0.39 is 11.6 Å². The predicted octanol–water partition coefficient (Wildman–Crippen LogP) is 2.83. The molecule has 0 N–H and O–H groups in total. The molecular weight excluding hydrogens is 354 g/mol. The van der Waals surface area contributed by atoms with Gasteiger partial charge in [-0.15, -0.1) is 0 Å². The molecule has 0 saturated carbocycles. The SMILES string of the molecule is COc1cccc(CN2CCN(Cc3c(OC)ccc(F)c3F)CC2=O)c1. The zero-order valence-electron chi connectivity index (χ0n) is 15.4. The molecule has 144 valence electrons. The number of methoxy groups -OCH3 is 2. The van der Waals surface area contributed by atoms with Crippen LogP contribution in [0.4, 0.5) is 8.78 Å². The lowest BCUT2D eigenvalue weighted by Crippen LogP contribution is -2.49. The summed E-state index contributed by atoms with van der Waals surface area (Å²) >= 11 is 0. The average Bonchev–Trinajstić information content (AvgIpc) is 2.68. The van der Waals surface area contributed by atoms with E-state index in [1.54, 1.807) is 16.9 Å². The van der Waals surface area contributed by atoms with Crippen molar-refractivity contribution in [1.29, 1.82) is 0 Å². The van der Waals surface area contributed by atoms with Crippen molar-refractivity contribution in [3.63, 3.8) is 0 Å². The number of ether oxygens (including phenoxy) is 2. The van der Waals surface area contributed by atoms with Crippen molar-refractivity contribution in [3.05, 3.63) is 59.2 Å². The molecule has 2 aromatic rings. The molecule has 3 rings (SSSR count). The molecule has 5 nitrogen and oxygen atoms in total. The predicted molar refractivity (Wildman–Crippen MR) is 96.6 cm³/mol. The molecule has 0 unspecified atom stereocenters. The maximum atomic E-state index is 14.1. The minimum atomic E-state index is -0.930. The lowest BCUT2D eigenvalue weighted by atomic mass is 10.1. The minimum Gasteiger partial charge on any atom is -0.497 e. The molecule has 1 heterocycles. The highest BCUT2D eigenvalue weighted by Crippen LogP contribution is 2.26. The Morgan fingerprint density at radius 2 is 1.85 bits per heavy atom. The van der Waals surface area contributed by atoms with E-state index in [0.29, 0.717) is 19.6 Å². The van der Waals surface area contributed by atoms with Crippen LogP contribution >= 0.6 is 0 Å². The number of amides is 1. The van der Waals surface area contributed by atoms with Gasteiger partial charge < -0.3 is 14.4 Å². The molecule has 7 heteroatoms. The number of hydrogen-bond acceptors (Lipinski definition) is 4. The Hall–Kier alpha value is -2.67. The maximum absolute atomic E-state index is 14.1. The Balaban J connectivity index is 1.65. The first-order valence-corrected chi connectivity index (χ1v) is 8.65. The second-order valence-corrected chi connectivity index (χ2v) is 6.42. The van der Waals surface area contributed by atoms with Crippen molar-refractivity contribution < 1.29 is 23.0 Å². The summed E-state index contributed by atoms with van der Waals surface area (Å²) in [6, 6.07) is 10.0. The zero-order valence-corrected chi connectivity index (χ0v) is 15.4. The fourth-order valence-electron chi connectivity index (χ4n) is 3.19. The molecule has 1 saturated heterocycles. The van der Waals surface area contributed by atoms with Gasteiger partial charge >= 0.3 is 0 Å². The molecular formula is C20H22F2N2O3. The molecule has 0 aliphatic carbocycles. The van der Waals surface area contributed by atoms with Gasteiger partial charge in [0.2, 0.25) is 5.91 Å². The third kappa shape index (κ3) is 4.36. The van der Waals surface area contributed by atoms with Gasteiger partial charge in [0, 0.05) is 31.7 Å². The molecule has 1 aliphatic heterocycles. The summed E-state index contributed by atoms with van der Waals surface area (Å²) in [5.41, 5.74) is 1.11. The van der Waals surface area contributed by atoms with Crippen LogP contribution in [0.1, 0.15) is 11.1 Å². The molecule has 1 amide bonds. The topological polar surface area (TPSA) is 42.0 Å². The Labute approximate surface area is 157 Å². The van der Waals surface area contributed by atoms with Crippen LogP contribution in [-0.2, 0) is 17.9 Å². The smallest absolute Gasteiger partial charge is 0.237 e. The number of piperazine rings is 1. The largest absolute Gasteiger partial charge is 0.497 e. The minimum absolute atomic E-state index is 0.0557. The molecule has 0 radical (unpaired) electrons. The lowest BCUT2D eigenvalue weighted by Gasteiger charge is -2.34. The van der Waals surface area contributed by atoms with Gasteiger partial charge in [0.1, 0.15) is 11.5 Å². The van der Waals surface area contributed by atoms with E-state index in [2.05, 4.69) is 0 Å². The molecule has 27 heavy (non-hydrogen) atoms. The van der Waals surface area contributed by atoms with E-state index >= 15 is 0 Å². The van der Waals surface area contributed by atoms with Gasteiger partial charge in [-0.1, -0.05) is 12.1 Å². The van der Waals surface area contributed by atoms with Gasteiger partial charge in [-0.2, -0.15) is 0 Å². The summed E-state index contributed by atoms with van der Waals surface area (Å²) in [6.45, 7) is 1.82. The highest BCUT2D eigenvalue weighted by atomic mass is 19.2. The first kappa shape index (κ1) is 19.1. The molecule has 2 aromatic carbocycles.